The summed E-state index contributed by atoms with van der Waals surface area (Å²) in [4.78, 5) is 45.5. The van der Waals surface area contributed by atoms with Crippen molar-refractivity contribution in [2.45, 2.75) is 32.4 Å². The van der Waals surface area contributed by atoms with Gasteiger partial charge in [0.15, 0.2) is 0 Å². The molecule has 0 fully saturated rings. The second kappa shape index (κ2) is 8.17. The number of carboxylic acid groups (broad SMARTS) is 1. The minimum Gasteiger partial charge on any atom is -0.480 e. The van der Waals surface area contributed by atoms with E-state index >= 15 is 0 Å². The molecule has 1 aromatic heterocycles. The van der Waals surface area contributed by atoms with Crippen LogP contribution in [0.5, 0.6) is 0 Å². The Hall–Kier alpha value is -3.63. The predicted octanol–water partition coefficient (Wildman–Crippen LogP) is 1.67. The number of hydrogen-bond acceptors (Lipinski definition) is 7. The lowest BCUT2D eigenvalue weighted by atomic mass is 10.1. The number of carboxylic acids is 1. The molecule has 0 aliphatic carbocycles. The SMILES string of the molecule is Cc1o[nH]c(=O)c1C[C@H](NC(=O)O[C@@H](C)c1ccccc1[N+](=O)[O-])C(=O)O. The van der Waals surface area contributed by atoms with E-state index in [1.165, 1.54) is 32.0 Å². The molecule has 3 N–H and O–H groups in total. The van der Waals surface area contributed by atoms with Gasteiger partial charge in [-0.15, -0.1) is 0 Å². The molecule has 0 radical (unpaired) electrons. The lowest BCUT2D eigenvalue weighted by molar-refractivity contribution is -0.386. The number of amides is 1. The average molecular weight is 379 g/mol. The Balaban J connectivity index is 2.09. The standard InChI is InChI=1S/C16H17N3O8/c1-8(10-5-3-4-6-13(10)19(24)25)26-16(23)17-12(15(21)22)7-11-9(2)27-18-14(11)20/h3-6,8,12H,7H2,1-2H3,(H,17,23)(H,18,20)(H,21,22)/t8-,12-/m0/s1. The van der Waals surface area contributed by atoms with Gasteiger partial charge in [-0.3, -0.25) is 14.9 Å². The number of carbonyl (C=O) groups excluding carboxylic acids is 1. The number of aryl methyl sites for hydroxylation is 1. The Morgan fingerprint density at radius 3 is 2.63 bits per heavy atom. The van der Waals surface area contributed by atoms with E-state index in [0.717, 1.165) is 0 Å². The summed E-state index contributed by atoms with van der Waals surface area (Å²) in [5.41, 5.74) is -0.587. The highest BCUT2D eigenvalue weighted by molar-refractivity contribution is 5.80. The minimum atomic E-state index is -1.45. The maximum absolute atomic E-state index is 12.0. The van der Waals surface area contributed by atoms with E-state index < -0.39 is 34.7 Å². The first-order valence-electron chi connectivity index (χ1n) is 7.81. The molecule has 2 atom stereocenters. The van der Waals surface area contributed by atoms with Gasteiger partial charge in [0.1, 0.15) is 17.9 Å². The fourth-order valence-corrected chi connectivity index (χ4v) is 2.44. The summed E-state index contributed by atoms with van der Waals surface area (Å²) in [5, 5.41) is 24.5. The molecule has 2 rings (SSSR count). The van der Waals surface area contributed by atoms with Crippen LogP contribution in [-0.2, 0) is 16.0 Å². The summed E-state index contributed by atoms with van der Waals surface area (Å²) in [6.45, 7) is 2.89. The number of aromatic nitrogens is 1. The van der Waals surface area contributed by atoms with Crippen molar-refractivity contribution < 1.29 is 28.9 Å². The molecule has 0 spiro atoms. The molecule has 1 amide bonds. The molecule has 144 valence electrons. The van der Waals surface area contributed by atoms with Crippen LogP contribution in [0.25, 0.3) is 0 Å². The van der Waals surface area contributed by atoms with Gasteiger partial charge in [0, 0.05) is 12.5 Å². The van der Waals surface area contributed by atoms with Gasteiger partial charge in [-0.25, -0.2) is 9.59 Å². The van der Waals surface area contributed by atoms with Crippen LogP contribution in [0.1, 0.15) is 29.9 Å². The first kappa shape index (κ1) is 19.7. The van der Waals surface area contributed by atoms with Crippen molar-refractivity contribution >= 4 is 17.7 Å². The van der Waals surface area contributed by atoms with Crippen LogP contribution in [-0.4, -0.2) is 33.3 Å². The highest BCUT2D eigenvalue weighted by Gasteiger charge is 2.27. The number of ether oxygens (including phenoxy) is 1. The van der Waals surface area contributed by atoms with Crippen molar-refractivity contribution in [3.63, 3.8) is 0 Å². The third-order valence-corrected chi connectivity index (χ3v) is 3.85. The number of para-hydroxylation sites is 1. The van der Waals surface area contributed by atoms with Gasteiger partial charge in [-0.05, 0) is 19.9 Å². The van der Waals surface area contributed by atoms with Gasteiger partial charge >= 0.3 is 12.1 Å². The smallest absolute Gasteiger partial charge is 0.408 e. The number of carbonyl (C=O) groups is 2. The summed E-state index contributed by atoms with van der Waals surface area (Å²) in [7, 11) is 0. The topological polar surface area (TPSA) is 165 Å². The molecular weight excluding hydrogens is 362 g/mol. The fourth-order valence-electron chi connectivity index (χ4n) is 2.44. The number of nitro groups is 1. The first-order chi connectivity index (χ1) is 12.7. The van der Waals surface area contributed by atoms with E-state index in [1.807, 2.05) is 0 Å². The predicted molar refractivity (Wildman–Crippen MR) is 90.3 cm³/mol. The maximum Gasteiger partial charge on any atom is 0.408 e. The number of benzene rings is 1. The third kappa shape index (κ3) is 4.71. The number of nitrogens with one attached hydrogen (secondary N) is 2. The molecule has 1 heterocycles. The molecule has 0 saturated carbocycles. The number of nitrogens with zero attached hydrogens (tertiary/aromatic N) is 1. The van der Waals surface area contributed by atoms with Crippen molar-refractivity contribution in [1.82, 2.24) is 10.5 Å². The second-order valence-corrected chi connectivity index (χ2v) is 5.67. The van der Waals surface area contributed by atoms with Crippen molar-refractivity contribution in [1.29, 1.82) is 0 Å². The Morgan fingerprint density at radius 1 is 1.41 bits per heavy atom. The van der Waals surface area contributed by atoms with Crippen molar-refractivity contribution in [2.75, 3.05) is 0 Å². The van der Waals surface area contributed by atoms with Gasteiger partial charge in [0.05, 0.1) is 16.1 Å². The zero-order valence-corrected chi connectivity index (χ0v) is 14.4. The monoisotopic (exact) mass is 379 g/mol. The highest BCUT2D eigenvalue weighted by Crippen LogP contribution is 2.26. The first-order valence-corrected chi connectivity index (χ1v) is 7.81. The van der Waals surface area contributed by atoms with Crippen molar-refractivity contribution in [3.05, 3.63) is 61.6 Å². The molecule has 0 unspecified atom stereocenters. The summed E-state index contributed by atoms with van der Waals surface area (Å²) >= 11 is 0. The van der Waals surface area contributed by atoms with Crippen LogP contribution < -0.4 is 10.9 Å². The average Bonchev–Trinajstić information content (AvgIpc) is 2.92. The van der Waals surface area contributed by atoms with Crippen LogP contribution in [0.4, 0.5) is 10.5 Å². The van der Waals surface area contributed by atoms with E-state index in [9.17, 15) is 29.6 Å². The van der Waals surface area contributed by atoms with E-state index in [4.69, 9.17) is 9.26 Å². The van der Waals surface area contributed by atoms with Crippen LogP contribution in [0.3, 0.4) is 0 Å². The number of hydrogen-bond donors (Lipinski definition) is 3. The molecule has 27 heavy (non-hydrogen) atoms. The minimum absolute atomic E-state index is 0.0782. The zero-order chi connectivity index (χ0) is 20.1. The summed E-state index contributed by atoms with van der Waals surface area (Å²) in [5.74, 6) is -1.18. The number of H-pyrrole nitrogens is 1. The van der Waals surface area contributed by atoms with Crippen LogP contribution in [0.15, 0.2) is 33.6 Å². The van der Waals surface area contributed by atoms with E-state index in [-0.39, 0.29) is 29.0 Å². The molecule has 2 aromatic rings. The summed E-state index contributed by atoms with van der Waals surface area (Å²) in [6, 6.07) is 4.27. The number of aromatic amines is 1. The molecular formula is C16H17N3O8. The maximum atomic E-state index is 12.0. The number of alkyl carbamates (subject to hydrolysis) is 1. The number of nitro benzene ring substituents is 1. The molecule has 0 saturated heterocycles. The lowest BCUT2D eigenvalue weighted by Crippen LogP contribution is -2.43. The third-order valence-electron chi connectivity index (χ3n) is 3.85. The lowest BCUT2D eigenvalue weighted by Gasteiger charge is -2.17. The van der Waals surface area contributed by atoms with Crippen molar-refractivity contribution in [3.8, 4) is 0 Å². The summed E-state index contributed by atoms with van der Waals surface area (Å²) in [6.07, 6.45) is -2.41. The molecule has 0 bridgehead atoms. The highest BCUT2D eigenvalue weighted by atomic mass is 16.6. The second-order valence-electron chi connectivity index (χ2n) is 5.67. The molecule has 11 heteroatoms. The Morgan fingerprint density at radius 2 is 2.07 bits per heavy atom. The molecule has 0 aliphatic heterocycles. The van der Waals surface area contributed by atoms with Crippen LogP contribution in [0.2, 0.25) is 0 Å². The van der Waals surface area contributed by atoms with Gasteiger partial charge in [0.2, 0.25) is 0 Å². The quantitative estimate of drug-likeness (QED) is 0.482. The van der Waals surface area contributed by atoms with E-state index in [2.05, 4.69) is 10.5 Å². The summed E-state index contributed by atoms with van der Waals surface area (Å²) < 4.78 is 9.86. The number of aliphatic carboxylic acids is 1. The van der Waals surface area contributed by atoms with Gasteiger partial charge in [-0.1, -0.05) is 12.1 Å². The Labute approximate surface area is 152 Å². The normalized spacial score (nSPS) is 12.8. The van der Waals surface area contributed by atoms with Crippen LogP contribution in [0, 0.1) is 17.0 Å². The van der Waals surface area contributed by atoms with Crippen molar-refractivity contribution in [2.24, 2.45) is 0 Å². The van der Waals surface area contributed by atoms with Gasteiger partial charge in [-0.2, -0.15) is 5.16 Å². The molecule has 0 aliphatic rings. The number of rotatable bonds is 7. The molecule has 1 aromatic carbocycles. The van der Waals surface area contributed by atoms with Crippen LogP contribution >= 0.6 is 0 Å². The molecule has 11 nitrogen and oxygen atoms in total. The van der Waals surface area contributed by atoms with E-state index in [1.54, 1.807) is 6.07 Å². The largest absolute Gasteiger partial charge is 0.480 e. The Kier molecular flexibility index (Phi) is 5.96. The van der Waals surface area contributed by atoms with Gasteiger partial charge in [0.25, 0.3) is 11.2 Å². The van der Waals surface area contributed by atoms with E-state index in [0.29, 0.717) is 0 Å². The Bertz CT molecular complexity index is 916. The fraction of sp³-hybridized carbons (Fsp3) is 0.312. The zero-order valence-electron chi connectivity index (χ0n) is 14.4. The van der Waals surface area contributed by atoms with Gasteiger partial charge < -0.3 is 19.7 Å².